The number of carboxylic acids is 1. The van der Waals surface area contributed by atoms with E-state index in [9.17, 15) is 13.6 Å². The van der Waals surface area contributed by atoms with Gasteiger partial charge < -0.3 is 10.4 Å². The molecule has 20 heavy (non-hydrogen) atoms. The summed E-state index contributed by atoms with van der Waals surface area (Å²) in [5.41, 5.74) is 0.853. The van der Waals surface area contributed by atoms with Crippen molar-refractivity contribution >= 4 is 27.6 Å². The number of hydrogen-bond donors (Lipinski definition) is 2. The molecule has 0 radical (unpaired) electrons. The summed E-state index contributed by atoms with van der Waals surface area (Å²) < 4.78 is 27.0. The fourth-order valence-electron chi connectivity index (χ4n) is 1.63. The van der Waals surface area contributed by atoms with Gasteiger partial charge in [0.15, 0.2) is 0 Å². The van der Waals surface area contributed by atoms with E-state index >= 15 is 0 Å². The molecule has 0 aliphatic rings. The molecular formula is C14H10BrF2NO2. The van der Waals surface area contributed by atoms with Crippen molar-refractivity contribution in [3.05, 3.63) is 63.6 Å². The summed E-state index contributed by atoms with van der Waals surface area (Å²) in [6, 6.07) is 8.08. The van der Waals surface area contributed by atoms with Crippen LogP contribution in [0.15, 0.2) is 40.9 Å². The monoisotopic (exact) mass is 341 g/mol. The van der Waals surface area contributed by atoms with Crippen LogP contribution in [-0.2, 0) is 6.54 Å². The maximum absolute atomic E-state index is 13.7. The molecule has 0 aliphatic carbocycles. The third-order valence-electron chi connectivity index (χ3n) is 2.70. The highest BCUT2D eigenvalue weighted by molar-refractivity contribution is 9.10. The van der Waals surface area contributed by atoms with Gasteiger partial charge in [-0.15, -0.1) is 0 Å². The largest absolute Gasteiger partial charge is 0.478 e. The number of benzene rings is 2. The molecule has 0 saturated heterocycles. The molecule has 2 aromatic carbocycles. The van der Waals surface area contributed by atoms with Crippen molar-refractivity contribution in [2.45, 2.75) is 6.54 Å². The Morgan fingerprint density at radius 2 is 1.90 bits per heavy atom. The van der Waals surface area contributed by atoms with E-state index in [1.54, 1.807) is 6.07 Å². The first-order valence-electron chi connectivity index (χ1n) is 5.68. The molecule has 0 atom stereocenters. The average molecular weight is 342 g/mol. The van der Waals surface area contributed by atoms with Gasteiger partial charge in [0, 0.05) is 17.8 Å². The zero-order valence-corrected chi connectivity index (χ0v) is 11.7. The molecule has 6 heteroatoms. The highest BCUT2D eigenvalue weighted by Gasteiger charge is 2.08. The predicted octanol–water partition coefficient (Wildman–Crippen LogP) is 4.04. The van der Waals surface area contributed by atoms with E-state index in [0.29, 0.717) is 15.7 Å². The Labute approximate surface area is 122 Å². The molecule has 104 valence electrons. The molecule has 0 unspecified atom stereocenters. The Hall–Kier alpha value is -1.95. The van der Waals surface area contributed by atoms with Gasteiger partial charge in [-0.05, 0) is 46.3 Å². The minimum atomic E-state index is -1.18. The Balaban J connectivity index is 2.10. The van der Waals surface area contributed by atoms with Crippen LogP contribution >= 0.6 is 15.9 Å². The van der Waals surface area contributed by atoms with E-state index in [2.05, 4.69) is 21.2 Å². The second kappa shape index (κ2) is 6.00. The van der Waals surface area contributed by atoms with Crippen LogP contribution in [0.4, 0.5) is 14.5 Å². The first-order chi connectivity index (χ1) is 9.47. The molecule has 0 bridgehead atoms. The molecule has 3 nitrogen and oxygen atoms in total. The topological polar surface area (TPSA) is 49.3 Å². The standard InChI is InChI=1S/C14H10BrF2NO2/c15-11-6-10(3-4-12(11)16)18-7-9-2-1-8(14(19)20)5-13(9)17/h1-6,18H,7H2,(H,19,20). The van der Waals surface area contributed by atoms with Gasteiger partial charge in [0.25, 0.3) is 0 Å². The zero-order chi connectivity index (χ0) is 14.7. The Kier molecular flexibility index (Phi) is 4.34. The summed E-state index contributed by atoms with van der Waals surface area (Å²) in [5, 5.41) is 11.7. The summed E-state index contributed by atoms with van der Waals surface area (Å²) in [6.07, 6.45) is 0. The maximum atomic E-state index is 13.7. The molecule has 2 aromatic rings. The van der Waals surface area contributed by atoms with E-state index in [1.807, 2.05) is 0 Å². The number of aromatic carboxylic acids is 1. The normalized spacial score (nSPS) is 10.3. The van der Waals surface area contributed by atoms with Crippen LogP contribution in [0.25, 0.3) is 0 Å². The van der Waals surface area contributed by atoms with Crippen molar-refractivity contribution in [3.63, 3.8) is 0 Å². The third kappa shape index (κ3) is 3.33. The van der Waals surface area contributed by atoms with Crippen LogP contribution in [0, 0.1) is 11.6 Å². The minimum Gasteiger partial charge on any atom is -0.478 e. The van der Waals surface area contributed by atoms with E-state index in [0.717, 1.165) is 6.07 Å². The Bertz CT molecular complexity index is 662. The number of nitrogens with one attached hydrogen (secondary N) is 1. The lowest BCUT2D eigenvalue weighted by molar-refractivity contribution is 0.0696. The van der Waals surface area contributed by atoms with Gasteiger partial charge in [-0.3, -0.25) is 0 Å². The van der Waals surface area contributed by atoms with E-state index < -0.39 is 11.8 Å². The average Bonchev–Trinajstić information content (AvgIpc) is 2.41. The molecule has 2 N–H and O–H groups in total. The second-order valence-corrected chi connectivity index (χ2v) is 4.95. The van der Waals surface area contributed by atoms with Crippen LogP contribution in [0.3, 0.4) is 0 Å². The summed E-state index contributed by atoms with van der Waals surface area (Å²) in [5.74, 6) is -2.16. The number of anilines is 1. The highest BCUT2D eigenvalue weighted by atomic mass is 79.9. The fraction of sp³-hybridized carbons (Fsp3) is 0.0714. The van der Waals surface area contributed by atoms with Crippen molar-refractivity contribution in [3.8, 4) is 0 Å². The second-order valence-electron chi connectivity index (χ2n) is 4.09. The zero-order valence-electron chi connectivity index (χ0n) is 10.2. The summed E-state index contributed by atoms with van der Waals surface area (Å²) in [6.45, 7) is 0.170. The van der Waals surface area contributed by atoms with Crippen LogP contribution in [0.1, 0.15) is 15.9 Å². The lowest BCUT2D eigenvalue weighted by Gasteiger charge is -2.08. The molecule has 0 heterocycles. The number of carboxylic acid groups (broad SMARTS) is 1. The highest BCUT2D eigenvalue weighted by Crippen LogP contribution is 2.21. The van der Waals surface area contributed by atoms with Crippen molar-refractivity contribution in [1.29, 1.82) is 0 Å². The first-order valence-corrected chi connectivity index (χ1v) is 6.47. The first kappa shape index (κ1) is 14.5. The molecular weight excluding hydrogens is 332 g/mol. The molecule has 0 amide bonds. The fourth-order valence-corrected chi connectivity index (χ4v) is 2.01. The van der Waals surface area contributed by atoms with Gasteiger partial charge in [-0.1, -0.05) is 6.07 Å². The molecule has 0 aromatic heterocycles. The maximum Gasteiger partial charge on any atom is 0.335 e. The number of halogens is 3. The van der Waals surface area contributed by atoms with Gasteiger partial charge in [-0.25, -0.2) is 13.6 Å². The predicted molar refractivity (Wildman–Crippen MR) is 74.8 cm³/mol. The van der Waals surface area contributed by atoms with Crippen LogP contribution in [0.5, 0.6) is 0 Å². The molecule has 0 fully saturated rings. The lowest BCUT2D eigenvalue weighted by Crippen LogP contribution is -2.04. The minimum absolute atomic E-state index is 0.101. The molecule has 0 aliphatic heterocycles. The Morgan fingerprint density at radius 3 is 2.50 bits per heavy atom. The van der Waals surface area contributed by atoms with Crippen molar-refractivity contribution in [2.75, 3.05) is 5.32 Å². The van der Waals surface area contributed by atoms with Gasteiger partial charge >= 0.3 is 5.97 Å². The number of hydrogen-bond acceptors (Lipinski definition) is 2. The third-order valence-corrected chi connectivity index (χ3v) is 3.31. The summed E-state index contributed by atoms with van der Waals surface area (Å²) in [4.78, 5) is 10.7. The summed E-state index contributed by atoms with van der Waals surface area (Å²) in [7, 11) is 0. The number of rotatable bonds is 4. The molecule has 0 spiro atoms. The van der Waals surface area contributed by atoms with Crippen molar-refractivity contribution in [2.24, 2.45) is 0 Å². The Morgan fingerprint density at radius 1 is 1.15 bits per heavy atom. The smallest absolute Gasteiger partial charge is 0.335 e. The lowest BCUT2D eigenvalue weighted by atomic mass is 10.1. The molecule has 2 rings (SSSR count). The SMILES string of the molecule is O=C(O)c1ccc(CNc2ccc(F)c(Br)c2)c(F)c1. The van der Waals surface area contributed by atoms with Crippen molar-refractivity contribution in [1.82, 2.24) is 0 Å². The van der Waals surface area contributed by atoms with Gasteiger partial charge in [0.05, 0.1) is 10.0 Å². The van der Waals surface area contributed by atoms with Crippen LogP contribution in [-0.4, -0.2) is 11.1 Å². The van der Waals surface area contributed by atoms with Crippen LogP contribution in [0.2, 0.25) is 0 Å². The number of carbonyl (C=O) groups is 1. The molecule has 0 saturated carbocycles. The summed E-state index contributed by atoms with van der Waals surface area (Å²) >= 11 is 3.06. The van der Waals surface area contributed by atoms with Crippen molar-refractivity contribution < 1.29 is 18.7 Å². The van der Waals surface area contributed by atoms with Gasteiger partial charge in [0.1, 0.15) is 11.6 Å². The van der Waals surface area contributed by atoms with Gasteiger partial charge in [0.2, 0.25) is 0 Å². The van der Waals surface area contributed by atoms with E-state index in [-0.39, 0.29) is 17.9 Å². The van der Waals surface area contributed by atoms with Gasteiger partial charge in [-0.2, -0.15) is 0 Å². The van der Waals surface area contributed by atoms with E-state index in [1.165, 1.54) is 24.3 Å². The van der Waals surface area contributed by atoms with E-state index in [4.69, 9.17) is 5.11 Å². The quantitative estimate of drug-likeness (QED) is 0.882. The van der Waals surface area contributed by atoms with Crippen LogP contribution < -0.4 is 5.32 Å².